The summed E-state index contributed by atoms with van der Waals surface area (Å²) in [6, 6.07) is 10.5. The van der Waals surface area contributed by atoms with Crippen LogP contribution in [0.25, 0.3) is 0 Å². The molecule has 0 saturated carbocycles. The van der Waals surface area contributed by atoms with Crippen LogP contribution in [0.15, 0.2) is 35.3 Å². The van der Waals surface area contributed by atoms with E-state index in [1.807, 2.05) is 6.07 Å². The molecular formula is C12H15N. The predicted octanol–water partition coefficient (Wildman–Crippen LogP) is 3.01. The highest BCUT2D eigenvalue weighted by molar-refractivity contribution is 5.87. The third-order valence-electron chi connectivity index (χ3n) is 2.74. The highest BCUT2D eigenvalue weighted by atomic mass is 15.0. The fourth-order valence-electron chi connectivity index (χ4n) is 1.73. The summed E-state index contributed by atoms with van der Waals surface area (Å²) in [6.07, 6.45) is 2.06. The highest BCUT2D eigenvalue weighted by Crippen LogP contribution is 2.48. The Kier molecular flexibility index (Phi) is 1.59. The Morgan fingerprint density at radius 2 is 1.62 bits per heavy atom. The molecule has 1 atom stereocenters. The standard InChI is InChI=1S/C12H15N/c1-11(2,3)12(9-13-12)10-7-5-4-6-8-10/h4-9H,1-3H3. The molecule has 2 rings (SSSR count). The first-order valence-electron chi connectivity index (χ1n) is 4.68. The lowest BCUT2D eigenvalue weighted by Crippen LogP contribution is -2.29. The fraction of sp³-hybridized carbons (Fsp3) is 0.417. The molecule has 0 spiro atoms. The van der Waals surface area contributed by atoms with Crippen molar-refractivity contribution in [2.24, 2.45) is 10.4 Å². The number of nitrogens with zero attached hydrogens (tertiary/aromatic N) is 1. The van der Waals surface area contributed by atoms with Gasteiger partial charge in [-0.3, -0.25) is 4.99 Å². The Labute approximate surface area is 79.5 Å². The average Bonchev–Trinajstić information content (AvgIpc) is 2.84. The van der Waals surface area contributed by atoms with Gasteiger partial charge in [0.1, 0.15) is 5.54 Å². The lowest BCUT2D eigenvalue weighted by Gasteiger charge is -2.29. The first kappa shape index (κ1) is 8.49. The van der Waals surface area contributed by atoms with Crippen LogP contribution in [-0.4, -0.2) is 6.21 Å². The summed E-state index contributed by atoms with van der Waals surface area (Å²) in [5, 5.41) is 0. The SMILES string of the molecule is CC(C)(C)C1(c2ccccc2)C=N1. The van der Waals surface area contributed by atoms with Crippen LogP contribution in [0.3, 0.4) is 0 Å². The molecule has 13 heavy (non-hydrogen) atoms. The van der Waals surface area contributed by atoms with Crippen molar-refractivity contribution in [1.82, 2.24) is 0 Å². The summed E-state index contributed by atoms with van der Waals surface area (Å²) in [7, 11) is 0. The van der Waals surface area contributed by atoms with Crippen LogP contribution in [0.1, 0.15) is 26.3 Å². The number of hydrogen-bond acceptors (Lipinski definition) is 1. The molecule has 0 amide bonds. The Morgan fingerprint density at radius 1 is 1.08 bits per heavy atom. The molecule has 1 heteroatoms. The molecule has 0 aromatic heterocycles. The van der Waals surface area contributed by atoms with E-state index in [2.05, 4.69) is 56.2 Å². The van der Waals surface area contributed by atoms with Gasteiger partial charge in [-0.1, -0.05) is 51.1 Å². The quantitative estimate of drug-likeness (QED) is 0.619. The van der Waals surface area contributed by atoms with Crippen LogP contribution in [0.4, 0.5) is 0 Å². The maximum absolute atomic E-state index is 4.45. The third-order valence-corrected chi connectivity index (χ3v) is 2.74. The summed E-state index contributed by atoms with van der Waals surface area (Å²) in [5.74, 6) is 0. The van der Waals surface area contributed by atoms with Gasteiger partial charge in [0.25, 0.3) is 0 Å². The summed E-state index contributed by atoms with van der Waals surface area (Å²) in [5.41, 5.74) is 1.48. The predicted molar refractivity (Wildman–Crippen MR) is 56.1 cm³/mol. The summed E-state index contributed by atoms with van der Waals surface area (Å²) < 4.78 is 0. The minimum atomic E-state index is -0.0196. The van der Waals surface area contributed by atoms with E-state index in [0.717, 1.165) is 0 Å². The summed E-state index contributed by atoms with van der Waals surface area (Å²) in [4.78, 5) is 4.45. The van der Waals surface area contributed by atoms with Gasteiger partial charge in [0.15, 0.2) is 0 Å². The van der Waals surface area contributed by atoms with Gasteiger partial charge in [-0.05, 0) is 11.0 Å². The molecule has 1 heterocycles. The fourth-order valence-corrected chi connectivity index (χ4v) is 1.73. The first-order valence-corrected chi connectivity index (χ1v) is 4.68. The van der Waals surface area contributed by atoms with E-state index in [1.54, 1.807) is 0 Å². The minimum Gasteiger partial charge on any atom is -0.277 e. The van der Waals surface area contributed by atoms with Crippen LogP contribution in [0.5, 0.6) is 0 Å². The zero-order chi connectivity index (χ0) is 9.53. The zero-order valence-corrected chi connectivity index (χ0v) is 8.41. The van der Waals surface area contributed by atoms with E-state index in [9.17, 15) is 0 Å². The van der Waals surface area contributed by atoms with Crippen LogP contribution in [0.2, 0.25) is 0 Å². The van der Waals surface area contributed by atoms with Crippen molar-refractivity contribution < 1.29 is 0 Å². The third kappa shape index (κ3) is 1.19. The normalized spacial score (nSPS) is 26.1. The van der Waals surface area contributed by atoms with E-state index in [4.69, 9.17) is 0 Å². The van der Waals surface area contributed by atoms with Crippen LogP contribution >= 0.6 is 0 Å². The van der Waals surface area contributed by atoms with Gasteiger partial charge >= 0.3 is 0 Å². The minimum absolute atomic E-state index is 0.0196. The molecule has 0 saturated heterocycles. The van der Waals surface area contributed by atoms with E-state index in [1.165, 1.54) is 5.56 Å². The van der Waals surface area contributed by atoms with Gasteiger partial charge in [-0.2, -0.15) is 0 Å². The Bertz CT molecular complexity index is 324. The Balaban J connectivity index is 2.38. The molecule has 0 radical (unpaired) electrons. The molecule has 1 unspecified atom stereocenters. The van der Waals surface area contributed by atoms with Gasteiger partial charge < -0.3 is 0 Å². The second kappa shape index (κ2) is 2.44. The van der Waals surface area contributed by atoms with E-state index in [-0.39, 0.29) is 11.0 Å². The lowest BCUT2D eigenvalue weighted by molar-refractivity contribution is 0.312. The van der Waals surface area contributed by atoms with Crippen molar-refractivity contribution in [2.45, 2.75) is 26.3 Å². The van der Waals surface area contributed by atoms with Crippen molar-refractivity contribution in [1.29, 1.82) is 0 Å². The van der Waals surface area contributed by atoms with Crippen LogP contribution in [0, 0.1) is 5.41 Å². The molecule has 1 aliphatic heterocycles. The average molecular weight is 173 g/mol. The lowest BCUT2D eigenvalue weighted by atomic mass is 9.75. The molecule has 0 bridgehead atoms. The van der Waals surface area contributed by atoms with Gasteiger partial charge in [0.05, 0.1) is 0 Å². The second-order valence-corrected chi connectivity index (χ2v) is 4.64. The topological polar surface area (TPSA) is 12.4 Å². The molecule has 0 fully saturated rings. The summed E-state index contributed by atoms with van der Waals surface area (Å²) in [6.45, 7) is 6.69. The van der Waals surface area contributed by atoms with Crippen LogP contribution in [-0.2, 0) is 5.54 Å². The van der Waals surface area contributed by atoms with Crippen molar-refractivity contribution in [3.05, 3.63) is 35.9 Å². The maximum atomic E-state index is 4.45. The Hall–Kier alpha value is -1.11. The summed E-state index contributed by atoms with van der Waals surface area (Å²) >= 11 is 0. The van der Waals surface area contributed by atoms with Gasteiger partial charge in [-0.15, -0.1) is 0 Å². The van der Waals surface area contributed by atoms with Crippen LogP contribution < -0.4 is 0 Å². The number of benzene rings is 1. The van der Waals surface area contributed by atoms with E-state index in [0.29, 0.717) is 0 Å². The van der Waals surface area contributed by atoms with Crippen molar-refractivity contribution >= 4 is 6.21 Å². The number of rotatable bonds is 1. The number of aliphatic imine (C=N–C) groups is 1. The molecule has 1 aromatic carbocycles. The molecule has 1 aromatic rings. The van der Waals surface area contributed by atoms with Gasteiger partial charge in [0, 0.05) is 6.21 Å². The second-order valence-electron chi connectivity index (χ2n) is 4.64. The van der Waals surface area contributed by atoms with Crippen molar-refractivity contribution in [3.8, 4) is 0 Å². The largest absolute Gasteiger partial charge is 0.277 e. The molecule has 0 N–H and O–H groups in total. The molecule has 0 aliphatic carbocycles. The Morgan fingerprint density at radius 3 is 2.00 bits per heavy atom. The van der Waals surface area contributed by atoms with E-state index >= 15 is 0 Å². The highest BCUT2D eigenvalue weighted by Gasteiger charge is 2.49. The smallest absolute Gasteiger partial charge is 0.125 e. The van der Waals surface area contributed by atoms with Gasteiger partial charge in [0.2, 0.25) is 0 Å². The monoisotopic (exact) mass is 173 g/mol. The van der Waals surface area contributed by atoms with E-state index < -0.39 is 0 Å². The van der Waals surface area contributed by atoms with Gasteiger partial charge in [-0.25, -0.2) is 0 Å². The molecule has 1 aliphatic rings. The molecule has 68 valence electrons. The van der Waals surface area contributed by atoms with Crippen molar-refractivity contribution in [2.75, 3.05) is 0 Å². The zero-order valence-electron chi connectivity index (χ0n) is 8.41. The maximum Gasteiger partial charge on any atom is 0.125 e. The number of hydrogen-bond donors (Lipinski definition) is 0. The molecule has 1 nitrogen and oxygen atoms in total. The molecular weight excluding hydrogens is 158 g/mol. The van der Waals surface area contributed by atoms with Crippen molar-refractivity contribution in [3.63, 3.8) is 0 Å². The first-order chi connectivity index (χ1) is 6.06.